The van der Waals surface area contributed by atoms with Crippen molar-refractivity contribution in [1.82, 2.24) is 0 Å². The number of ether oxygens (including phenoxy) is 4. The van der Waals surface area contributed by atoms with Gasteiger partial charge in [-0.1, -0.05) is 6.07 Å². The van der Waals surface area contributed by atoms with Crippen LogP contribution in [-0.2, 0) is 9.47 Å². The molecule has 1 aliphatic rings. The lowest BCUT2D eigenvalue weighted by molar-refractivity contribution is -0.0325. The normalized spacial score (nSPS) is 16.6. The molecule has 100 valence electrons. The van der Waals surface area contributed by atoms with E-state index >= 15 is 0 Å². The first-order valence-corrected chi connectivity index (χ1v) is 5.89. The minimum Gasteiger partial charge on any atom is -0.454 e. The van der Waals surface area contributed by atoms with Gasteiger partial charge in [0.15, 0.2) is 11.5 Å². The fraction of sp³-hybridized carbons (Fsp3) is 0.538. The zero-order chi connectivity index (χ0) is 13.0. The van der Waals surface area contributed by atoms with E-state index < -0.39 is 6.10 Å². The zero-order valence-electron chi connectivity index (χ0n) is 10.6. The zero-order valence-corrected chi connectivity index (χ0v) is 10.6. The molecule has 0 spiro atoms. The third-order valence-electron chi connectivity index (χ3n) is 2.72. The lowest BCUT2D eigenvalue weighted by Crippen LogP contribution is -2.18. The average molecular weight is 254 g/mol. The Balaban J connectivity index is 1.90. The predicted molar refractivity (Wildman–Crippen MR) is 64.8 cm³/mol. The van der Waals surface area contributed by atoms with Gasteiger partial charge in [0.2, 0.25) is 6.79 Å². The quantitative estimate of drug-likeness (QED) is 0.833. The maximum Gasteiger partial charge on any atom is 0.231 e. The monoisotopic (exact) mass is 254 g/mol. The second kappa shape index (κ2) is 6.04. The fourth-order valence-corrected chi connectivity index (χ4v) is 1.75. The van der Waals surface area contributed by atoms with Gasteiger partial charge in [-0.05, 0) is 24.6 Å². The maximum atomic E-state index is 10.0. The number of benzene rings is 1. The van der Waals surface area contributed by atoms with Crippen molar-refractivity contribution in [2.24, 2.45) is 0 Å². The minimum absolute atomic E-state index is 0.0429. The molecule has 0 saturated heterocycles. The first-order valence-electron chi connectivity index (χ1n) is 5.89. The van der Waals surface area contributed by atoms with Gasteiger partial charge in [0.25, 0.3) is 0 Å². The van der Waals surface area contributed by atoms with Crippen LogP contribution in [0.4, 0.5) is 0 Å². The Labute approximate surface area is 106 Å². The van der Waals surface area contributed by atoms with Gasteiger partial charge in [0.05, 0.1) is 19.3 Å². The van der Waals surface area contributed by atoms with E-state index in [9.17, 15) is 5.11 Å². The summed E-state index contributed by atoms with van der Waals surface area (Å²) in [5.41, 5.74) is 0.754. The topological polar surface area (TPSA) is 57.2 Å². The highest BCUT2D eigenvalue weighted by Gasteiger charge is 2.17. The van der Waals surface area contributed by atoms with Gasteiger partial charge in [-0.3, -0.25) is 0 Å². The van der Waals surface area contributed by atoms with Crippen LogP contribution in [0, 0.1) is 0 Å². The SMILES string of the molecule is COCC(C)OCC(O)c1ccc2c(c1)OCO2. The highest BCUT2D eigenvalue weighted by molar-refractivity contribution is 5.45. The molecular formula is C13H18O5. The van der Waals surface area contributed by atoms with Gasteiger partial charge >= 0.3 is 0 Å². The lowest BCUT2D eigenvalue weighted by atomic mass is 10.1. The second-order valence-corrected chi connectivity index (χ2v) is 4.23. The molecule has 1 aliphatic heterocycles. The van der Waals surface area contributed by atoms with Crippen molar-refractivity contribution < 1.29 is 24.1 Å². The number of fused-ring (bicyclic) bond motifs is 1. The Morgan fingerprint density at radius 2 is 2.06 bits per heavy atom. The lowest BCUT2D eigenvalue weighted by Gasteiger charge is -2.16. The predicted octanol–water partition coefficient (Wildman–Crippen LogP) is 1.50. The summed E-state index contributed by atoms with van der Waals surface area (Å²) in [6.45, 7) is 2.87. The van der Waals surface area contributed by atoms with Crippen LogP contribution in [0.15, 0.2) is 18.2 Å². The average Bonchev–Trinajstić information content (AvgIpc) is 2.83. The van der Waals surface area contributed by atoms with Crippen molar-refractivity contribution in [3.8, 4) is 11.5 Å². The number of aliphatic hydroxyl groups excluding tert-OH is 1. The minimum atomic E-state index is -0.682. The smallest absolute Gasteiger partial charge is 0.231 e. The molecule has 1 heterocycles. The fourth-order valence-electron chi connectivity index (χ4n) is 1.75. The summed E-state index contributed by atoms with van der Waals surface area (Å²) in [4.78, 5) is 0. The van der Waals surface area contributed by atoms with Gasteiger partial charge in [-0.25, -0.2) is 0 Å². The molecule has 0 aromatic heterocycles. The van der Waals surface area contributed by atoms with Crippen LogP contribution in [0.1, 0.15) is 18.6 Å². The van der Waals surface area contributed by atoms with Gasteiger partial charge in [-0.2, -0.15) is 0 Å². The molecule has 1 aromatic rings. The molecule has 0 radical (unpaired) electrons. The van der Waals surface area contributed by atoms with Crippen LogP contribution >= 0.6 is 0 Å². The van der Waals surface area contributed by atoms with Crippen LogP contribution in [0.5, 0.6) is 11.5 Å². The molecule has 18 heavy (non-hydrogen) atoms. The highest BCUT2D eigenvalue weighted by Crippen LogP contribution is 2.34. The summed E-state index contributed by atoms with van der Waals surface area (Å²) in [5.74, 6) is 1.37. The van der Waals surface area contributed by atoms with Crippen molar-refractivity contribution >= 4 is 0 Å². The molecule has 0 bridgehead atoms. The molecule has 0 fully saturated rings. The van der Waals surface area contributed by atoms with E-state index in [1.165, 1.54) is 0 Å². The Morgan fingerprint density at radius 3 is 2.83 bits per heavy atom. The first-order chi connectivity index (χ1) is 8.70. The molecule has 2 unspecified atom stereocenters. The van der Waals surface area contributed by atoms with Gasteiger partial charge in [0, 0.05) is 7.11 Å². The van der Waals surface area contributed by atoms with Gasteiger partial charge < -0.3 is 24.1 Å². The van der Waals surface area contributed by atoms with E-state index in [1.54, 1.807) is 19.2 Å². The largest absolute Gasteiger partial charge is 0.454 e. The highest BCUT2D eigenvalue weighted by atomic mass is 16.7. The van der Waals surface area contributed by atoms with E-state index in [0.717, 1.165) is 5.56 Å². The number of aliphatic hydroxyl groups is 1. The van der Waals surface area contributed by atoms with E-state index in [1.807, 2.05) is 13.0 Å². The number of rotatable bonds is 6. The van der Waals surface area contributed by atoms with Crippen molar-refractivity contribution in [3.63, 3.8) is 0 Å². The van der Waals surface area contributed by atoms with Crippen LogP contribution < -0.4 is 9.47 Å². The Hall–Kier alpha value is -1.30. The first kappa shape index (κ1) is 13.1. The standard InChI is InChI=1S/C13H18O5/c1-9(6-15-2)16-7-11(14)10-3-4-12-13(5-10)18-8-17-12/h3-5,9,11,14H,6-8H2,1-2H3. The molecule has 1 N–H and O–H groups in total. The number of hydrogen-bond acceptors (Lipinski definition) is 5. The van der Waals surface area contributed by atoms with Crippen molar-refractivity contribution in [1.29, 1.82) is 0 Å². The maximum absolute atomic E-state index is 10.0. The molecule has 2 atom stereocenters. The molecule has 5 nitrogen and oxygen atoms in total. The van der Waals surface area contributed by atoms with E-state index in [2.05, 4.69) is 0 Å². The Bertz CT molecular complexity index is 393. The van der Waals surface area contributed by atoms with Gasteiger partial charge in [0.1, 0.15) is 6.10 Å². The van der Waals surface area contributed by atoms with Gasteiger partial charge in [-0.15, -0.1) is 0 Å². The summed E-state index contributed by atoms with van der Waals surface area (Å²) < 4.78 is 20.9. The third kappa shape index (κ3) is 3.13. The number of methoxy groups -OCH3 is 1. The Kier molecular flexibility index (Phi) is 4.41. The summed E-state index contributed by atoms with van der Waals surface area (Å²) in [6, 6.07) is 5.37. The van der Waals surface area contributed by atoms with Crippen molar-refractivity contribution in [3.05, 3.63) is 23.8 Å². The Morgan fingerprint density at radius 1 is 1.28 bits per heavy atom. The van der Waals surface area contributed by atoms with E-state index in [-0.39, 0.29) is 19.5 Å². The van der Waals surface area contributed by atoms with Crippen LogP contribution in [0.3, 0.4) is 0 Å². The molecule has 0 amide bonds. The van der Waals surface area contributed by atoms with E-state index in [0.29, 0.717) is 18.1 Å². The summed E-state index contributed by atoms with van der Waals surface area (Å²) >= 11 is 0. The van der Waals surface area contributed by atoms with Crippen LogP contribution in [-0.4, -0.2) is 38.3 Å². The van der Waals surface area contributed by atoms with E-state index in [4.69, 9.17) is 18.9 Å². The van der Waals surface area contributed by atoms with Crippen molar-refractivity contribution in [2.45, 2.75) is 19.1 Å². The second-order valence-electron chi connectivity index (χ2n) is 4.23. The molecule has 2 rings (SSSR count). The van der Waals surface area contributed by atoms with Crippen molar-refractivity contribution in [2.75, 3.05) is 27.1 Å². The number of hydrogen-bond donors (Lipinski definition) is 1. The molecule has 1 aromatic carbocycles. The molecule has 0 aliphatic carbocycles. The molecular weight excluding hydrogens is 236 g/mol. The van der Waals surface area contributed by atoms with Crippen LogP contribution in [0.2, 0.25) is 0 Å². The summed E-state index contributed by atoms with van der Waals surface area (Å²) in [5, 5.41) is 10.0. The summed E-state index contributed by atoms with van der Waals surface area (Å²) in [6.07, 6.45) is -0.725. The molecule has 0 saturated carbocycles. The third-order valence-corrected chi connectivity index (χ3v) is 2.72. The molecule has 5 heteroatoms. The van der Waals surface area contributed by atoms with Crippen LogP contribution in [0.25, 0.3) is 0 Å². The summed E-state index contributed by atoms with van der Waals surface area (Å²) in [7, 11) is 1.62.